The lowest BCUT2D eigenvalue weighted by Gasteiger charge is -2.15. The quantitative estimate of drug-likeness (QED) is 0.683. The van der Waals surface area contributed by atoms with E-state index in [0.29, 0.717) is 13.0 Å². The van der Waals surface area contributed by atoms with E-state index >= 15 is 0 Å². The van der Waals surface area contributed by atoms with Gasteiger partial charge in [0.2, 0.25) is 5.91 Å². The number of carbonyl (C=O) groups excluding carboxylic acids is 2. The van der Waals surface area contributed by atoms with Gasteiger partial charge in [0.25, 0.3) is 0 Å². The zero-order valence-corrected chi connectivity index (χ0v) is 12.8. The van der Waals surface area contributed by atoms with Gasteiger partial charge in [-0.25, -0.2) is 4.79 Å². The van der Waals surface area contributed by atoms with Crippen LogP contribution < -0.4 is 16.4 Å². The predicted octanol–water partition coefficient (Wildman–Crippen LogP) is 1.88. The molecule has 0 fully saturated rings. The largest absolute Gasteiger partial charge is 0.368 e. The maximum atomic E-state index is 11.7. The van der Waals surface area contributed by atoms with E-state index in [1.54, 1.807) is 0 Å². The van der Waals surface area contributed by atoms with Gasteiger partial charge in [-0.3, -0.25) is 4.79 Å². The zero-order chi connectivity index (χ0) is 15.7. The minimum atomic E-state index is -0.594. The van der Waals surface area contributed by atoms with Crippen LogP contribution in [-0.2, 0) is 11.2 Å². The van der Waals surface area contributed by atoms with Crippen LogP contribution in [0.4, 0.5) is 4.79 Å². The van der Waals surface area contributed by atoms with Crippen LogP contribution in [0, 0.1) is 6.92 Å². The fourth-order valence-electron chi connectivity index (χ4n) is 2.09. The Morgan fingerprint density at radius 2 is 2.10 bits per heavy atom. The molecule has 0 saturated heterocycles. The Morgan fingerprint density at radius 1 is 1.33 bits per heavy atom. The molecule has 0 aliphatic carbocycles. The third-order valence-corrected chi connectivity index (χ3v) is 3.28. The lowest BCUT2D eigenvalue weighted by molar-refractivity contribution is -0.119. The van der Waals surface area contributed by atoms with E-state index < -0.39 is 11.9 Å². The van der Waals surface area contributed by atoms with Gasteiger partial charge >= 0.3 is 6.03 Å². The summed E-state index contributed by atoms with van der Waals surface area (Å²) in [7, 11) is 0. The molecular formula is C16H25N3O2. The van der Waals surface area contributed by atoms with Crippen LogP contribution in [0.2, 0.25) is 0 Å². The summed E-state index contributed by atoms with van der Waals surface area (Å²) < 4.78 is 0. The molecule has 5 heteroatoms. The SMILES string of the molecule is CCCCC(NC(=O)NCCc1cccc(C)c1)C(N)=O. The number of hydrogen-bond donors (Lipinski definition) is 3. The van der Waals surface area contributed by atoms with Crippen LogP contribution in [0.25, 0.3) is 0 Å². The first kappa shape index (κ1) is 17.0. The van der Waals surface area contributed by atoms with Gasteiger partial charge in [0, 0.05) is 6.54 Å². The summed E-state index contributed by atoms with van der Waals surface area (Å²) in [5.74, 6) is -0.489. The van der Waals surface area contributed by atoms with Crippen molar-refractivity contribution in [3.05, 3.63) is 35.4 Å². The number of nitrogens with two attached hydrogens (primary N) is 1. The Hall–Kier alpha value is -2.04. The van der Waals surface area contributed by atoms with Crippen molar-refractivity contribution < 1.29 is 9.59 Å². The van der Waals surface area contributed by atoms with Crippen LogP contribution in [0.5, 0.6) is 0 Å². The molecule has 3 amide bonds. The standard InChI is InChI=1S/C16H25N3O2/c1-3-4-8-14(15(17)20)19-16(21)18-10-9-13-7-5-6-12(2)11-13/h5-7,11,14H,3-4,8-10H2,1-2H3,(H2,17,20)(H2,18,19,21). The molecule has 0 aliphatic rings. The lowest BCUT2D eigenvalue weighted by atomic mass is 10.1. The third kappa shape index (κ3) is 6.79. The van der Waals surface area contributed by atoms with Crippen molar-refractivity contribution in [1.82, 2.24) is 10.6 Å². The molecule has 21 heavy (non-hydrogen) atoms. The highest BCUT2D eigenvalue weighted by Crippen LogP contribution is 2.04. The average molecular weight is 291 g/mol. The Bertz CT molecular complexity index is 474. The molecule has 1 atom stereocenters. The number of nitrogens with one attached hydrogen (secondary N) is 2. The Balaban J connectivity index is 2.34. The van der Waals surface area contributed by atoms with Crippen LogP contribution in [0.1, 0.15) is 37.3 Å². The van der Waals surface area contributed by atoms with E-state index in [1.165, 1.54) is 11.1 Å². The highest BCUT2D eigenvalue weighted by molar-refractivity contribution is 5.85. The summed E-state index contributed by atoms with van der Waals surface area (Å²) in [4.78, 5) is 23.0. The number of primary amides is 1. The molecule has 0 saturated carbocycles. The molecule has 0 radical (unpaired) electrons. The van der Waals surface area contributed by atoms with Crippen LogP contribution in [0.3, 0.4) is 0 Å². The molecule has 1 aromatic rings. The van der Waals surface area contributed by atoms with Crippen molar-refractivity contribution in [3.63, 3.8) is 0 Å². The summed E-state index contributed by atoms with van der Waals surface area (Å²) in [6.45, 7) is 4.59. The van der Waals surface area contributed by atoms with Gasteiger partial charge < -0.3 is 16.4 Å². The van der Waals surface area contributed by atoms with Gasteiger partial charge in [0.15, 0.2) is 0 Å². The lowest BCUT2D eigenvalue weighted by Crippen LogP contribution is -2.48. The van der Waals surface area contributed by atoms with Crippen molar-refractivity contribution in [2.45, 2.75) is 45.6 Å². The van der Waals surface area contributed by atoms with E-state index in [4.69, 9.17) is 5.73 Å². The number of amides is 3. The molecule has 0 heterocycles. The molecule has 4 N–H and O–H groups in total. The number of carbonyl (C=O) groups is 2. The smallest absolute Gasteiger partial charge is 0.315 e. The first-order valence-corrected chi connectivity index (χ1v) is 7.42. The predicted molar refractivity (Wildman–Crippen MR) is 83.9 cm³/mol. The number of urea groups is 1. The van der Waals surface area contributed by atoms with Crippen molar-refractivity contribution in [3.8, 4) is 0 Å². The molecule has 1 aromatic carbocycles. The molecule has 5 nitrogen and oxygen atoms in total. The van der Waals surface area contributed by atoms with Gasteiger partial charge in [-0.1, -0.05) is 49.6 Å². The summed E-state index contributed by atoms with van der Waals surface area (Å²) in [6, 6.07) is 7.21. The van der Waals surface area contributed by atoms with Crippen molar-refractivity contribution in [2.24, 2.45) is 5.73 Å². The Kier molecular flexibility index (Phi) is 7.29. The second-order valence-corrected chi connectivity index (χ2v) is 5.24. The monoisotopic (exact) mass is 291 g/mol. The summed E-state index contributed by atoms with van der Waals surface area (Å²) in [6.07, 6.45) is 3.15. The van der Waals surface area contributed by atoms with E-state index in [1.807, 2.05) is 32.0 Å². The maximum absolute atomic E-state index is 11.7. The van der Waals surface area contributed by atoms with Crippen molar-refractivity contribution >= 4 is 11.9 Å². The fraction of sp³-hybridized carbons (Fsp3) is 0.500. The van der Waals surface area contributed by atoms with Gasteiger partial charge in [-0.15, -0.1) is 0 Å². The second kappa shape index (κ2) is 9.00. The molecule has 0 bridgehead atoms. The molecule has 1 unspecified atom stereocenters. The highest BCUT2D eigenvalue weighted by atomic mass is 16.2. The van der Waals surface area contributed by atoms with Crippen molar-refractivity contribution in [2.75, 3.05) is 6.54 Å². The zero-order valence-electron chi connectivity index (χ0n) is 12.8. The average Bonchev–Trinajstić information content (AvgIpc) is 2.43. The third-order valence-electron chi connectivity index (χ3n) is 3.28. The molecule has 1 rings (SSSR count). The van der Waals surface area contributed by atoms with Crippen LogP contribution in [-0.4, -0.2) is 24.5 Å². The molecule has 0 spiro atoms. The fourth-order valence-corrected chi connectivity index (χ4v) is 2.09. The number of rotatable bonds is 8. The Labute approximate surface area is 126 Å². The van der Waals surface area contributed by atoms with Gasteiger partial charge in [-0.05, 0) is 25.3 Å². The normalized spacial score (nSPS) is 11.7. The summed E-state index contributed by atoms with van der Waals surface area (Å²) in [5.41, 5.74) is 7.65. The second-order valence-electron chi connectivity index (χ2n) is 5.24. The minimum absolute atomic E-state index is 0.345. The van der Waals surface area contributed by atoms with Crippen molar-refractivity contribution in [1.29, 1.82) is 0 Å². The first-order valence-electron chi connectivity index (χ1n) is 7.42. The highest BCUT2D eigenvalue weighted by Gasteiger charge is 2.16. The Morgan fingerprint density at radius 3 is 2.71 bits per heavy atom. The van der Waals surface area contributed by atoms with E-state index in [2.05, 4.69) is 16.7 Å². The first-order chi connectivity index (χ1) is 10.0. The van der Waals surface area contributed by atoms with Gasteiger partial charge in [-0.2, -0.15) is 0 Å². The molecule has 0 aliphatic heterocycles. The van der Waals surface area contributed by atoms with Gasteiger partial charge in [0.05, 0.1) is 0 Å². The number of unbranched alkanes of at least 4 members (excludes halogenated alkanes) is 1. The maximum Gasteiger partial charge on any atom is 0.315 e. The topological polar surface area (TPSA) is 84.2 Å². The van der Waals surface area contributed by atoms with E-state index in [0.717, 1.165) is 19.3 Å². The van der Waals surface area contributed by atoms with Crippen LogP contribution in [0.15, 0.2) is 24.3 Å². The number of benzene rings is 1. The summed E-state index contributed by atoms with van der Waals surface area (Å²) in [5, 5.41) is 5.38. The van der Waals surface area contributed by atoms with Gasteiger partial charge in [0.1, 0.15) is 6.04 Å². The summed E-state index contributed by atoms with van der Waals surface area (Å²) >= 11 is 0. The molecule has 116 valence electrons. The number of aryl methyl sites for hydroxylation is 1. The van der Waals surface area contributed by atoms with E-state index in [-0.39, 0.29) is 6.03 Å². The minimum Gasteiger partial charge on any atom is -0.368 e. The van der Waals surface area contributed by atoms with E-state index in [9.17, 15) is 9.59 Å². The molecule has 0 aromatic heterocycles. The molecular weight excluding hydrogens is 266 g/mol. The number of hydrogen-bond acceptors (Lipinski definition) is 2. The van der Waals surface area contributed by atoms with Crippen LogP contribution >= 0.6 is 0 Å².